The Morgan fingerprint density at radius 1 is 1.30 bits per heavy atom. The molecule has 0 unspecified atom stereocenters. The van der Waals surface area contributed by atoms with Crippen molar-refractivity contribution in [2.24, 2.45) is 5.41 Å². The zero-order chi connectivity index (χ0) is 14.6. The summed E-state index contributed by atoms with van der Waals surface area (Å²) in [5.41, 5.74) is 0.556. The Morgan fingerprint density at radius 2 is 2.05 bits per heavy atom. The molecule has 2 rings (SSSR count). The highest BCUT2D eigenvalue weighted by molar-refractivity contribution is 7.20. The van der Waals surface area contributed by atoms with E-state index in [-0.39, 0.29) is 13.2 Å². The number of aliphatic hydroxyl groups is 2. The lowest BCUT2D eigenvalue weighted by molar-refractivity contribution is 0.0399. The molecule has 0 fully saturated rings. The van der Waals surface area contributed by atoms with Crippen LogP contribution in [0.15, 0.2) is 22.9 Å². The van der Waals surface area contributed by atoms with E-state index in [1.54, 1.807) is 22.7 Å². The van der Waals surface area contributed by atoms with E-state index in [2.05, 4.69) is 26.7 Å². The molecular weight excluding hydrogens is 292 g/mol. The van der Waals surface area contributed by atoms with Crippen LogP contribution in [0.1, 0.15) is 12.6 Å². The molecule has 2 N–H and O–H groups in total. The second kappa shape index (κ2) is 6.78. The third kappa shape index (κ3) is 3.86. The van der Waals surface area contributed by atoms with Gasteiger partial charge in [0.2, 0.25) is 0 Å². The fourth-order valence-corrected chi connectivity index (χ4v) is 3.65. The van der Waals surface area contributed by atoms with Crippen molar-refractivity contribution < 1.29 is 10.2 Å². The van der Waals surface area contributed by atoms with Gasteiger partial charge in [0, 0.05) is 23.9 Å². The molecule has 0 bridgehead atoms. The zero-order valence-electron chi connectivity index (χ0n) is 11.7. The van der Waals surface area contributed by atoms with E-state index < -0.39 is 5.41 Å². The normalized spacial score (nSPS) is 12.2. The van der Waals surface area contributed by atoms with Crippen molar-refractivity contribution in [1.29, 1.82) is 0 Å². The van der Waals surface area contributed by atoms with Crippen LogP contribution in [-0.2, 0) is 6.54 Å². The molecule has 2 aromatic rings. The summed E-state index contributed by atoms with van der Waals surface area (Å²) in [6, 6.07) is 4.10. The Bertz CT molecular complexity index is 521. The molecule has 6 heteroatoms. The SMILES string of the molecule is CN(Cc1csc(-c2cccs2)n1)CC(C)(CO)CO. The van der Waals surface area contributed by atoms with Crippen LogP contribution in [0.4, 0.5) is 0 Å². The molecule has 2 heterocycles. The van der Waals surface area contributed by atoms with Gasteiger partial charge in [-0.25, -0.2) is 4.98 Å². The third-order valence-electron chi connectivity index (χ3n) is 3.13. The molecule has 0 aliphatic heterocycles. The minimum absolute atomic E-state index is 0.0225. The number of thiophene rings is 1. The van der Waals surface area contributed by atoms with Crippen LogP contribution >= 0.6 is 22.7 Å². The van der Waals surface area contributed by atoms with Gasteiger partial charge in [0.15, 0.2) is 0 Å². The van der Waals surface area contributed by atoms with Crippen LogP contribution in [0, 0.1) is 5.41 Å². The second-order valence-corrected chi connectivity index (χ2v) is 7.23. The predicted octanol–water partition coefficient (Wildman–Crippen LogP) is 2.29. The first-order valence-corrected chi connectivity index (χ1v) is 8.21. The van der Waals surface area contributed by atoms with Crippen molar-refractivity contribution in [2.45, 2.75) is 13.5 Å². The summed E-state index contributed by atoms with van der Waals surface area (Å²) in [7, 11) is 1.98. The highest BCUT2D eigenvalue weighted by Gasteiger charge is 2.24. The first kappa shape index (κ1) is 15.6. The smallest absolute Gasteiger partial charge is 0.133 e. The average molecular weight is 312 g/mol. The van der Waals surface area contributed by atoms with E-state index in [1.165, 1.54) is 4.88 Å². The van der Waals surface area contributed by atoms with Gasteiger partial charge < -0.3 is 10.2 Å². The maximum atomic E-state index is 9.33. The predicted molar refractivity (Wildman–Crippen MR) is 84.0 cm³/mol. The van der Waals surface area contributed by atoms with Crippen molar-refractivity contribution in [3.8, 4) is 9.88 Å². The topological polar surface area (TPSA) is 56.6 Å². The first-order chi connectivity index (χ1) is 9.56. The monoisotopic (exact) mass is 312 g/mol. The summed E-state index contributed by atoms with van der Waals surface area (Å²) in [5.74, 6) is 0. The highest BCUT2D eigenvalue weighted by Crippen LogP contribution is 2.28. The summed E-state index contributed by atoms with van der Waals surface area (Å²) in [6.07, 6.45) is 0. The molecule has 20 heavy (non-hydrogen) atoms. The maximum Gasteiger partial charge on any atom is 0.133 e. The van der Waals surface area contributed by atoms with Gasteiger partial charge in [-0.2, -0.15) is 0 Å². The third-order valence-corrected chi connectivity index (χ3v) is 5.06. The maximum absolute atomic E-state index is 9.33. The molecular formula is C14H20N2O2S2. The van der Waals surface area contributed by atoms with E-state index in [0.29, 0.717) is 6.54 Å². The van der Waals surface area contributed by atoms with E-state index in [1.807, 2.05) is 20.0 Å². The molecule has 0 aliphatic rings. The summed E-state index contributed by atoms with van der Waals surface area (Å²) in [6.45, 7) is 3.18. The molecule has 110 valence electrons. The summed E-state index contributed by atoms with van der Waals surface area (Å²) < 4.78 is 0. The number of aliphatic hydroxyl groups excluding tert-OH is 2. The van der Waals surface area contributed by atoms with E-state index in [4.69, 9.17) is 0 Å². The van der Waals surface area contributed by atoms with Gasteiger partial charge in [-0.3, -0.25) is 4.90 Å². The number of rotatable bonds is 7. The summed E-state index contributed by atoms with van der Waals surface area (Å²) in [5, 5.41) is 23.8. The van der Waals surface area contributed by atoms with Gasteiger partial charge in [0.25, 0.3) is 0 Å². The molecule has 0 aromatic carbocycles. The molecule has 0 saturated heterocycles. The summed E-state index contributed by atoms with van der Waals surface area (Å²) >= 11 is 3.35. The minimum atomic E-state index is -0.471. The highest BCUT2D eigenvalue weighted by atomic mass is 32.1. The molecule has 0 saturated carbocycles. The van der Waals surface area contributed by atoms with Crippen molar-refractivity contribution in [3.63, 3.8) is 0 Å². The fraction of sp³-hybridized carbons (Fsp3) is 0.500. The Balaban J connectivity index is 1.97. The summed E-state index contributed by atoms with van der Waals surface area (Å²) in [4.78, 5) is 7.91. The van der Waals surface area contributed by atoms with Gasteiger partial charge in [0.05, 0.1) is 23.8 Å². The molecule has 0 aliphatic carbocycles. The van der Waals surface area contributed by atoms with Gasteiger partial charge >= 0.3 is 0 Å². The molecule has 0 spiro atoms. The number of hydrogen-bond donors (Lipinski definition) is 2. The Kier molecular flexibility index (Phi) is 5.29. The van der Waals surface area contributed by atoms with Gasteiger partial charge in [-0.15, -0.1) is 22.7 Å². The Hall–Kier alpha value is -0.790. The quantitative estimate of drug-likeness (QED) is 0.823. The van der Waals surface area contributed by atoms with Crippen LogP contribution in [-0.4, -0.2) is 46.9 Å². The van der Waals surface area contributed by atoms with E-state index in [0.717, 1.165) is 17.2 Å². The van der Waals surface area contributed by atoms with E-state index >= 15 is 0 Å². The number of thiazole rings is 1. The molecule has 0 amide bonds. The van der Waals surface area contributed by atoms with Gasteiger partial charge in [-0.05, 0) is 18.5 Å². The lowest BCUT2D eigenvalue weighted by Gasteiger charge is -2.29. The molecule has 0 radical (unpaired) electrons. The first-order valence-electron chi connectivity index (χ1n) is 6.45. The van der Waals surface area contributed by atoms with Crippen molar-refractivity contribution in [3.05, 3.63) is 28.6 Å². The minimum Gasteiger partial charge on any atom is -0.396 e. The molecule has 4 nitrogen and oxygen atoms in total. The van der Waals surface area contributed by atoms with Crippen LogP contribution in [0.2, 0.25) is 0 Å². The van der Waals surface area contributed by atoms with Crippen molar-refractivity contribution >= 4 is 22.7 Å². The largest absolute Gasteiger partial charge is 0.396 e. The van der Waals surface area contributed by atoms with E-state index in [9.17, 15) is 10.2 Å². The Morgan fingerprint density at radius 3 is 2.65 bits per heavy atom. The van der Waals surface area contributed by atoms with Crippen LogP contribution in [0.3, 0.4) is 0 Å². The van der Waals surface area contributed by atoms with Gasteiger partial charge in [0.1, 0.15) is 5.01 Å². The standard InChI is InChI=1S/C14H20N2O2S2/c1-14(9-17,10-18)8-16(2)6-11-7-20-13(15-11)12-4-3-5-19-12/h3-5,7,17-18H,6,8-10H2,1-2H3. The fourth-order valence-electron chi connectivity index (χ4n) is 2.03. The van der Waals surface area contributed by atoms with Gasteiger partial charge in [-0.1, -0.05) is 13.0 Å². The number of nitrogens with zero attached hydrogens (tertiary/aromatic N) is 2. The molecule has 0 atom stereocenters. The lowest BCUT2D eigenvalue weighted by atomic mass is 9.92. The van der Waals surface area contributed by atoms with Crippen LogP contribution in [0.25, 0.3) is 9.88 Å². The molecule has 2 aromatic heterocycles. The zero-order valence-corrected chi connectivity index (χ0v) is 13.4. The van der Waals surface area contributed by atoms with Crippen LogP contribution in [0.5, 0.6) is 0 Å². The second-order valence-electron chi connectivity index (χ2n) is 5.42. The Labute approximate surface area is 127 Å². The van der Waals surface area contributed by atoms with Crippen molar-refractivity contribution in [2.75, 3.05) is 26.8 Å². The number of hydrogen-bond acceptors (Lipinski definition) is 6. The van der Waals surface area contributed by atoms with Crippen LogP contribution < -0.4 is 0 Å². The average Bonchev–Trinajstić information content (AvgIpc) is 3.08. The number of aromatic nitrogens is 1. The lowest BCUT2D eigenvalue weighted by Crippen LogP contribution is -2.38. The van der Waals surface area contributed by atoms with Crippen molar-refractivity contribution in [1.82, 2.24) is 9.88 Å².